The van der Waals surface area contributed by atoms with Gasteiger partial charge in [0.2, 0.25) is 17.8 Å². The third kappa shape index (κ3) is 14.9. The fourth-order valence-corrected chi connectivity index (χ4v) is 6.00. The van der Waals surface area contributed by atoms with Crippen LogP contribution in [0.2, 0.25) is 0 Å². The molecule has 4 rings (SSSR count). The van der Waals surface area contributed by atoms with E-state index in [1.165, 1.54) is 29.7 Å². The summed E-state index contributed by atoms with van der Waals surface area (Å²) >= 11 is 0. The number of rotatable bonds is 15. The highest BCUT2D eigenvalue weighted by atomic mass is 16.6. The van der Waals surface area contributed by atoms with E-state index in [-0.39, 0.29) is 57.7 Å². The van der Waals surface area contributed by atoms with Gasteiger partial charge in [0.15, 0.2) is 0 Å². The lowest BCUT2D eigenvalue weighted by Gasteiger charge is -2.40. The van der Waals surface area contributed by atoms with Crippen LogP contribution in [0.15, 0.2) is 24.8 Å². The topological polar surface area (TPSA) is 199 Å². The molecule has 0 aromatic carbocycles. The van der Waals surface area contributed by atoms with Crippen LogP contribution in [0.4, 0.5) is 21.5 Å². The van der Waals surface area contributed by atoms with E-state index in [9.17, 15) is 24.0 Å². The molecule has 2 aromatic heterocycles. The lowest BCUT2D eigenvalue weighted by Crippen LogP contribution is -2.59. The Hall–Kier alpha value is -5.17. The largest absolute Gasteiger partial charge is 0.464 e. The molecule has 0 aliphatic carbocycles. The van der Waals surface area contributed by atoms with Gasteiger partial charge in [-0.1, -0.05) is 13.8 Å². The fourth-order valence-electron chi connectivity index (χ4n) is 6.00. The van der Waals surface area contributed by atoms with Gasteiger partial charge in [-0.2, -0.15) is 0 Å². The van der Waals surface area contributed by atoms with Crippen LogP contribution < -0.4 is 9.80 Å². The summed E-state index contributed by atoms with van der Waals surface area (Å²) in [6.45, 7) is 21.1. The van der Waals surface area contributed by atoms with E-state index in [2.05, 4.69) is 29.7 Å². The number of hydrogen-bond acceptors (Lipinski definition) is 17. The lowest BCUT2D eigenvalue weighted by atomic mass is 10.1. The summed E-state index contributed by atoms with van der Waals surface area (Å²) in [5.74, 6) is -0.206. The zero-order valence-electron chi connectivity index (χ0n) is 36.0. The van der Waals surface area contributed by atoms with Crippen molar-refractivity contribution in [1.29, 1.82) is 0 Å². The van der Waals surface area contributed by atoms with Gasteiger partial charge in [0.25, 0.3) is 0 Å². The van der Waals surface area contributed by atoms with Gasteiger partial charge in [-0.05, 0) is 54.4 Å². The van der Waals surface area contributed by atoms with E-state index < -0.39 is 41.4 Å². The van der Waals surface area contributed by atoms with Crippen molar-refractivity contribution in [3.8, 4) is 0 Å². The molecule has 2 fully saturated rings. The van der Waals surface area contributed by atoms with Crippen molar-refractivity contribution in [3.05, 3.63) is 35.9 Å². The maximum Gasteiger partial charge on any atom is 0.420 e. The zero-order valence-corrected chi connectivity index (χ0v) is 36.0. The molecule has 1 atom stereocenters. The van der Waals surface area contributed by atoms with Gasteiger partial charge in [0, 0.05) is 76.2 Å². The van der Waals surface area contributed by atoms with Crippen LogP contribution in [0.1, 0.15) is 84.7 Å². The van der Waals surface area contributed by atoms with E-state index in [0.29, 0.717) is 55.8 Å². The van der Waals surface area contributed by atoms with Gasteiger partial charge in [0.05, 0.1) is 51.5 Å². The standard InChI is InChI=1S/C40H61N9O10/c1-10-56-33(51)30-23-43-35(44-24-30)46-14-12-45(13-15-46)18-20-55-19-11-32(50)48-17-16-47(26-31(48)34(52)57-27-28(2)3)36-41-21-29(22-42-36)25-49(37(53)58-39(4,5)6)38(54)59-40(7,8)9/h21-24,28,31H,10-20,25-27H2,1-9H3/t31-/m1/s1. The van der Waals surface area contributed by atoms with Crippen molar-refractivity contribution in [1.82, 2.24) is 34.6 Å². The Morgan fingerprint density at radius 1 is 0.763 bits per heavy atom. The summed E-state index contributed by atoms with van der Waals surface area (Å²) in [5, 5.41) is 0. The molecule has 0 N–H and O–H groups in total. The molecule has 0 unspecified atom stereocenters. The third-order valence-electron chi connectivity index (χ3n) is 8.89. The average molecular weight is 828 g/mol. The number of esters is 2. The summed E-state index contributed by atoms with van der Waals surface area (Å²) in [6, 6.07) is -0.894. The number of hydrogen-bond donors (Lipinski definition) is 0. The molecule has 4 heterocycles. The van der Waals surface area contributed by atoms with Gasteiger partial charge >= 0.3 is 24.1 Å². The average Bonchev–Trinajstić information content (AvgIpc) is 3.17. The molecule has 2 aromatic rings. The number of piperazine rings is 2. The molecule has 326 valence electrons. The Morgan fingerprint density at radius 3 is 1.88 bits per heavy atom. The minimum absolute atomic E-state index is 0.0951. The predicted octanol–water partition coefficient (Wildman–Crippen LogP) is 3.56. The second-order valence-electron chi connectivity index (χ2n) is 16.7. The smallest absolute Gasteiger partial charge is 0.420 e. The first kappa shape index (κ1) is 46.5. The number of anilines is 2. The van der Waals surface area contributed by atoms with Crippen LogP contribution in [0.25, 0.3) is 0 Å². The van der Waals surface area contributed by atoms with Crippen molar-refractivity contribution >= 4 is 41.9 Å². The minimum Gasteiger partial charge on any atom is -0.464 e. The molecule has 0 saturated carbocycles. The molecule has 59 heavy (non-hydrogen) atoms. The molecule has 2 aliphatic heterocycles. The monoisotopic (exact) mass is 827 g/mol. The molecule has 19 heteroatoms. The first-order valence-electron chi connectivity index (χ1n) is 20.1. The van der Waals surface area contributed by atoms with Crippen molar-refractivity contribution in [2.75, 3.05) is 88.6 Å². The number of carbonyl (C=O) groups is 5. The quantitative estimate of drug-likeness (QED) is 0.143. The van der Waals surface area contributed by atoms with Crippen molar-refractivity contribution < 1.29 is 47.7 Å². The van der Waals surface area contributed by atoms with Crippen LogP contribution in [0.5, 0.6) is 0 Å². The number of nitrogens with zero attached hydrogens (tertiary/aromatic N) is 9. The number of carbonyl (C=O) groups excluding carboxylic acids is 5. The first-order valence-corrected chi connectivity index (χ1v) is 20.1. The summed E-state index contributed by atoms with van der Waals surface area (Å²) < 4.78 is 27.4. The van der Waals surface area contributed by atoms with Gasteiger partial charge < -0.3 is 38.4 Å². The number of imide groups is 1. The van der Waals surface area contributed by atoms with Crippen LogP contribution in [0.3, 0.4) is 0 Å². The molecule has 0 radical (unpaired) electrons. The minimum atomic E-state index is -0.894. The Morgan fingerprint density at radius 2 is 1.32 bits per heavy atom. The van der Waals surface area contributed by atoms with Crippen molar-refractivity contribution in [3.63, 3.8) is 0 Å². The Balaban J connectivity index is 1.28. The first-order chi connectivity index (χ1) is 27.8. The maximum atomic E-state index is 13.5. The molecule has 3 amide bonds. The summed E-state index contributed by atoms with van der Waals surface area (Å²) in [6.07, 6.45) is 4.31. The molecule has 0 bridgehead atoms. The van der Waals surface area contributed by atoms with E-state index in [0.717, 1.165) is 18.0 Å². The molecular formula is C40H61N9O10. The Labute approximate surface area is 346 Å². The highest BCUT2D eigenvalue weighted by Gasteiger charge is 2.38. The maximum absolute atomic E-state index is 13.5. The summed E-state index contributed by atoms with van der Waals surface area (Å²) in [5.41, 5.74) is -0.929. The van der Waals surface area contributed by atoms with Crippen LogP contribution >= 0.6 is 0 Å². The van der Waals surface area contributed by atoms with Gasteiger partial charge in [-0.15, -0.1) is 0 Å². The molecular weight excluding hydrogens is 766 g/mol. The Kier molecular flexibility index (Phi) is 16.7. The number of amides is 3. The molecule has 2 aliphatic rings. The second-order valence-corrected chi connectivity index (χ2v) is 16.7. The number of ether oxygens (including phenoxy) is 5. The fraction of sp³-hybridized carbons (Fsp3) is 0.675. The van der Waals surface area contributed by atoms with E-state index in [1.807, 2.05) is 13.8 Å². The van der Waals surface area contributed by atoms with E-state index in [1.54, 1.807) is 53.4 Å². The summed E-state index contributed by atoms with van der Waals surface area (Å²) in [4.78, 5) is 90.9. The van der Waals surface area contributed by atoms with Crippen molar-refractivity contribution in [2.45, 2.75) is 92.5 Å². The normalized spacial score (nSPS) is 16.4. The molecule has 2 saturated heterocycles. The second kappa shape index (κ2) is 21.2. The SMILES string of the molecule is CCOC(=O)c1cnc(N2CCN(CCOCCC(=O)N3CCN(c4ncc(CN(C(=O)OC(C)(C)C)C(=O)OC(C)(C)C)cn4)C[C@@H]3C(=O)OCC(C)C)CC2)nc1. The number of aromatic nitrogens is 4. The highest BCUT2D eigenvalue weighted by molar-refractivity contribution is 5.89. The Bertz CT molecular complexity index is 1680. The van der Waals surface area contributed by atoms with Crippen LogP contribution in [-0.2, 0) is 39.8 Å². The van der Waals surface area contributed by atoms with Crippen LogP contribution in [0, 0.1) is 5.92 Å². The van der Waals surface area contributed by atoms with Crippen LogP contribution in [-0.4, -0.2) is 161 Å². The lowest BCUT2D eigenvalue weighted by molar-refractivity contribution is -0.157. The van der Waals surface area contributed by atoms with E-state index in [4.69, 9.17) is 23.7 Å². The zero-order chi connectivity index (χ0) is 43.3. The highest BCUT2D eigenvalue weighted by Crippen LogP contribution is 2.21. The third-order valence-corrected chi connectivity index (χ3v) is 8.89. The van der Waals surface area contributed by atoms with E-state index >= 15 is 0 Å². The summed E-state index contributed by atoms with van der Waals surface area (Å²) in [7, 11) is 0. The van der Waals surface area contributed by atoms with Gasteiger partial charge in [-0.3, -0.25) is 9.69 Å². The molecule has 0 spiro atoms. The van der Waals surface area contributed by atoms with Crippen molar-refractivity contribution in [2.24, 2.45) is 5.92 Å². The van der Waals surface area contributed by atoms with Gasteiger partial charge in [-0.25, -0.2) is 44.0 Å². The predicted molar refractivity (Wildman–Crippen MR) is 216 cm³/mol. The molecule has 19 nitrogen and oxygen atoms in total. The van der Waals surface area contributed by atoms with Gasteiger partial charge in [0.1, 0.15) is 17.2 Å².